The fourth-order valence-electron chi connectivity index (χ4n) is 4.09. The number of carbonyl (C=O) groups is 1. The van der Waals surface area contributed by atoms with Gasteiger partial charge in [-0.3, -0.25) is 4.79 Å². The molecule has 1 aromatic rings. The summed E-state index contributed by atoms with van der Waals surface area (Å²) < 4.78 is 5.81. The largest absolute Gasteiger partial charge is 0.494 e. The van der Waals surface area contributed by atoms with Crippen LogP contribution in [0.3, 0.4) is 0 Å². The quantitative estimate of drug-likeness (QED) is 0.603. The second-order valence-electron chi connectivity index (χ2n) is 8.11. The summed E-state index contributed by atoms with van der Waals surface area (Å²) in [4.78, 5) is 14.6. The number of amides is 1. The highest BCUT2D eigenvalue weighted by Gasteiger charge is 2.36. The molecule has 3 rings (SSSR count). The second kappa shape index (κ2) is 9.56. The Balaban J connectivity index is 1.45. The van der Waals surface area contributed by atoms with Crippen molar-refractivity contribution in [2.45, 2.75) is 51.1 Å². The first-order valence-corrected chi connectivity index (χ1v) is 10.5. The first-order valence-electron chi connectivity index (χ1n) is 10.1. The van der Waals surface area contributed by atoms with E-state index in [1.165, 1.54) is 0 Å². The van der Waals surface area contributed by atoms with Crippen molar-refractivity contribution in [3.05, 3.63) is 30.3 Å². The molecule has 154 valence electrons. The van der Waals surface area contributed by atoms with Gasteiger partial charge in [0.2, 0.25) is 5.91 Å². The lowest BCUT2D eigenvalue weighted by atomic mass is 9.76. The van der Waals surface area contributed by atoms with Gasteiger partial charge in [-0.15, -0.1) is 0 Å². The number of hydrogen-bond acceptors (Lipinski definition) is 4. The highest BCUT2D eigenvalue weighted by atomic mass is 32.1. The maximum absolute atomic E-state index is 12.7. The summed E-state index contributed by atoms with van der Waals surface area (Å²) in [6.07, 6.45) is 3.76. The molecule has 1 amide bonds. The van der Waals surface area contributed by atoms with E-state index >= 15 is 0 Å². The Kier molecular flexibility index (Phi) is 7.13. The van der Waals surface area contributed by atoms with Gasteiger partial charge in [0.15, 0.2) is 5.11 Å². The maximum atomic E-state index is 12.7. The van der Waals surface area contributed by atoms with Crippen LogP contribution in [-0.2, 0) is 4.79 Å². The third-order valence-electron chi connectivity index (χ3n) is 5.93. The van der Waals surface area contributed by atoms with Crippen LogP contribution in [0.15, 0.2) is 30.3 Å². The van der Waals surface area contributed by atoms with E-state index in [1.807, 2.05) is 35.2 Å². The number of benzene rings is 1. The van der Waals surface area contributed by atoms with Crippen molar-refractivity contribution >= 4 is 23.2 Å². The van der Waals surface area contributed by atoms with Crippen LogP contribution in [0.4, 0.5) is 0 Å². The van der Waals surface area contributed by atoms with Gasteiger partial charge >= 0.3 is 0 Å². The molecule has 0 spiro atoms. The molecule has 2 aliphatic heterocycles. The highest BCUT2D eigenvalue weighted by Crippen LogP contribution is 2.35. The average molecular weight is 406 g/mol. The molecule has 2 fully saturated rings. The van der Waals surface area contributed by atoms with E-state index in [4.69, 9.17) is 17.0 Å². The molecule has 0 bridgehead atoms. The molecular weight excluding hydrogens is 374 g/mol. The van der Waals surface area contributed by atoms with Crippen LogP contribution >= 0.6 is 12.2 Å². The predicted molar refractivity (Wildman–Crippen MR) is 113 cm³/mol. The number of piperidine rings is 1. The third-order valence-corrected chi connectivity index (χ3v) is 6.16. The molecule has 2 saturated heterocycles. The zero-order valence-electron chi connectivity index (χ0n) is 16.5. The summed E-state index contributed by atoms with van der Waals surface area (Å²) in [6, 6.07) is 10.1. The molecule has 2 aliphatic rings. The van der Waals surface area contributed by atoms with Gasteiger partial charge in [-0.25, -0.2) is 0 Å². The molecule has 0 unspecified atom stereocenters. The molecular formula is C21H31N3O3S. The van der Waals surface area contributed by atoms with Gasteiger partial charge in [0.25, 0.3) is 0 Å². The van der Waals surface area contributed by atoms with Crippen molar-refractivity contribution in [1.29, 1.82) is 0 Å². The SMILES string of the molecule is C[C@@H]1C[C@@H](CC(=O)N2CCC(CO)(CCOc3ccccc3)CC2)NC(=S)N1. The summed E-state index contributed by atoms with van der Waals surface area (Å²) in [6.45, 7) is 4.17. The van der Waals surface area contributed by atoms with E-state index in [9.17, 15) is 9.90 Å². The monoisotopic (exact) mass is 405 g/mol. The number of para-hydroxylation sites is 1. The number of carbonyl (C=O) groups excluding carboxylic acids is 1. The van der Waals surface area contributed by atoms with E-state index in [1.54, 1.807) is 0 Å². The number of aliphatic hydroxyl groups is 1. The van der Waals surface area contributed by atoms with Crippen molar-refractivity contribution in [3.8, 4) is 5.75 Å². The molecule has 3 N–H and O–H groups in total. The van der Waals surface area contributed by atoms with Crippen molar-refractivity contribution in [1.82, 2.24) is 15.5 Å². The van der Waals surface area contributed by atoms with E-state index < -0.39 is 0 Å². The van der Waals surface area contributed by atoms with Crippen molar-refractivity contribution in [2.75, 3.05) is 26.3 Å². The normalized spacial score (nSPS) is 24.2. The van der Waals surface area contributed by atoms with Crippen LogP contribution in [-0.4, -0.2) is 59.4 Å². The number of nitrogens with zero attached hydrogens (tertiary/aromatic N) is 1. The Hall–Kier alpha value is -1.86. The number of aliphatic hydroxyl groups excluding tert-OH is 1. The Morgan fingerprint density at radius 1 is 1.29 bits per heavy atom. The van der Waals surface area contributed by atoms with Crippen LogP contribution < -0.4 is 15.4 Å². The predicted octanol–water partition coefficient (Wildman–Crippen LogP) is 2.07. The summed E-state index contributed by atoms with van der Waals surface area (Å²) >= 11 is 5.20. The van der Waals surface area contributed by atoms with Crippen molar-refractivity contribution < 1.29 is 14.6 Å². The Morgan fingerprint density at radius 2 is 2.00 bits per heavy atom. The Labute approximate surface area is 172 Å². The minimum absolute atomic E-state index is 0.0973. The number of thiocarbonyl (C=S) groups is 1. The molecule has 0 aromatic heterocycles. The molecule has 0 aliphatic carbocycles. The number of ether oxygens (including phenoxy) is 1. The zero-order chi connectivity index (χ0) is 20.0. The van der Waals surface area contributed by atoms with Gasteiger partial charge in [-0.1, -0.05) is 18.2 Å². The summed E-state index contributed by atoms with van der Waals surface area (Å²) in [7, 11) is 0. The molecule has 2 atom stereocenters. The maximum Gasteiger partial charge on any atom is 0.224 e. The minimum atomic E-state index is -0.158. The van der Waals surface area contributed by atoms with Gasteiger partial charge < -0.3 is 25.4 Å². The second-order valence-corrected chi connectivity index (χ2v) is 8.51. The highest BCUT2D eigenvalue weighted by molar-refractivity contribution is 7.80. The molecule has 0 saturated carbocycles. The zero-order valence-corrected chi connectivity index (χ0v) is 17.3. The van der Waals surface area contributed by atoms with E-state index in [-0.39, 0.29) is 24.0 Å². The third kappa shape index (κ3) is 5.58. The average Bonchev–Trinajstić information content (AvgIpc) is 2.68. The van der Waals surface area contributed by atoms with Crippen molar-refractivity contribution in [3.63, 3.8) is 0 Å². The number of likely N-dealkylation sites (tertiary alicyclic amines) is 1. The summed E-state index contributed by atoms with van der Waals surface area (Å²) in [5.74, 6) is 1.02. The topological polar surface area (TPSA) is 73.8 Å². The molecule has 6 nitrogen and oxygen atoms in total. The van der Waals surface area contributed by atoms with Crippen LogP contribution in [0, 0.1) is 5.41 Å². The van der Waals surface area contributed by atoms with Crippen LogP contribution in [0.25, 0.3) is 0 Å². The van der Waals surface area contributed by atoms with E-state index in [0.717, 1.165) is 31.4 Å². The smallest absolute Gasteiger partial charge is 0.224 e. The molecule has 7 heteroatoms. The first kappa shape index (κ1) is 20.9. The fraction of sp³-hybridized carbons (Fsp3) is 0.619. The first-order chi connectivity index (χ1) is 13.5. The summed E-state index contributed by atoms with van der Waals surface area (Å²) in [5.41, 5.74) is -0.158. The minimum Gasteiger partial charge on any atom is -0.494 e. The van der Waals surface area contributed by atoms with Gasteiger partial charge in [0.1, 0.15) is 5.75 Å². The van der Waals surface area contributed by atoms with Gasteiger partial charge in [-0.05, 0) is 57.0 Å². The van der Waals surface area contributed by atoms with Crippen LogP contribution in [0.2, 0.25) is 0 Å². The molecule has 1 aromatic carbocycles. The van der Waals surface area contributed by atoms with Gasteiger partial charge in [0, 0.05) is 43.6 Å². The number of rotatable bonds is 7. The standard InChI is InChI=1S/C21H31N3O3S/c1-16-13-17(23-20(28)22-16)14-19(26)24-10-7-21(15-25,8-11-24)9-12-27-18-5-3-2-4-6-18/h2-6,16-17,25H,7-15H2,1H3,(H2,22,23,28)/t16-,17+/m1/s1. The summed E-state index contributed by atoms with van der Waals surface area (Å²) in [5, 5.41) is 17.0. The van der Waals surface area contributed by atoms with Gasteiger partial charge in [0.05, 0.1) is 6.61 Å². The Morgan fingerprint density at radius 3 is 2.64 bits per heavy atom. The van der Waals surface area contributed by atoms with Crippen molar-refractivity contribution in [2.24, 2.45) is 5.41 Å². The van der Waals surface area contributed by atoms with Crippen LogP contribution in [0.5, 0.6) is 5.75 Å². The lowest BCUT2D eigenvalue weighted by molar-refractivity contribution is -0.134. The van der Waals surface area contributed by atoms with Crippen LogP contribution in [0.1, 0.15) is 39.0 Å². The molecule has 28 heavy (non-hydrogen) atoms. The molecule has 2 heterocycles. The lowest BCUT2D eigenvalue weighted by Gasteiger charge is -2.41. The number of hydrogen-bond donors (Lipinski definition) is 3. The fourth-order valence-corrected chi connectivity index (χ4v) is 4.46. The van der Waals surface area contributed by atoms with Gasteiger partial charge in [-0.2, -0.15) is 0 Å². The van der Waals surface area contributed by atoms with E-state index in [2.05, 4.69) is 17.6 Å². The molecule has 0 radical (unpaired) electrons. The van der Waals surface area contributed by atoms with E-state index in [0.29, 0.717) is 37.3 Å². The Bertz CT molecular complexity index is 662. The number of nitrogens with one attached hydrogen (secondary N) is 2. The lowest BCUT2D eigenvalue weighted by Crippen LogP contribution is -2.55.